The third kappa shape index (κ3) is 87.3. The molecule has 2 unspecified atom stereocenters. The Labute approximate surface area is 631 Å². The summed E-state index contributed by atoms with van der Waals surface area (Å²) in [5.41, 5.74) is 5.43. The molecule has 9 nitrogen and oxygen atoms in total. The van der Waals surface area contributed by atoms with E-state index in [9.17, 15) is 19.0 Å². The molecule has 0 aliphatic carbocycles. The van der Waals surface area contributed by atoms with Crippen molar-refractivity contribution in [3.63, 3.8) is 0 Å². The van der Waals surface area contributed by atoms with Crippen LogP contribution in [0.2, 0.25) is 0 Å². The fraction of sp³-hybridized carbons (Fsp3) is 0.934. The summed E-state index contributed by atoms with van der Waals surface area (Å²) in [5, 5.41) is 0. The predicted octanol–water partition coefficient (Wildman–Crippen LogP) is 31.1. The lowest BCUT2D eigenvalue weighted by Gasteiger charge is -2.19. The lowest BCUT2D eigenvalue weighted by atomic mass is 10.0. The van der Waals surface area contributed by atoms with Gasteiger partial charge in [-0.1, -0.05) is 481 Å². The van der Waals surface area contributed by atoms with Crippen LogP contribution in [-0.2, 0) is 32.7 Å². The number of phosphoric ester groups is 1. The molecule has 0 heterocycles. The molecule has 0 aromatic rings. The Kier molecular flexibility index (Phi) is 86.1. The maximum Gasteiger partial charge on any atom is 0.472 e. The minimum atomic E-state index is -4.39. The second kappa shape index (κ2) is 87.4. The summed E-state index contributed by atoms with van der Waals surface area (Å²) in [4.78, 5) is 35.5. The second-order valence-corrected chi connectivity index (χ2v) is 33.0. The number of rotatable bonds is 89. The molecule has 0 aromatic carbocycles. The van der Waals surface area contributed by atoms with Crippen molar-refractivity contribution in [1.82, 2.24) is 0 Å². The number of esters is 2. The molecule has 600 valence electrons. The zero-order valence-electron chi connectivity index (χ0n) is 68.2. The molecule has 0 rings (SSSR count). The van der Waals surface area contributed by atoms with Crippen LogP contribution in [0, 0.1) is 0 Å². The minimum Gasteiger partial charge on any atom is -0.462 e. The van der Waals surface area contributed by atoms with E-state index >= 15 is 0 Å². The summed E-state index contributed by atoms with van der Waals surface area (Å²) in [6.07, 6.45) is 112. The van der Waals surface area contributed by atoms with Gasteiger partial charge in [-0.15, -0.1) is 0 Å². The number of ether oxygens (including phenoxy) is 2. The van der Waals surface area contributed by atoms with Gasteiger partial charge in [0.1, 0.15) is 6.61 Å². The third-order valence-corrected chi connectivity index (χ3v) is 22.3. The zero-order valence-corrected chi connectivity index (χ0v) is 69.1. The molecule has 0 saturated heterocycles. The average Bonchev–Trinajstić information content (AvgIpc) is 1.04. The average molecular weight is 1450 g/mol. The molecule has 3 N–H and O–H groups in total. The van der Waals surface area contributed by atoms with Crippen LogP contribution in [0.5, 0.6) is 0 Å². The molecule has 0 fully saturated rings. The summed E-state index contributed by atoms with van der Waals surface area (Å²) < 4.78 is 33.4. The number of hydrogen-bond donors (Lipinski definition) is 2. The molecule has 0 radical (unpaired) electrons. The van der Waals surface area contributed by atoms with Crippen molar-refractivity contribution in [1.29, 1.82) is 0 Å². The summed E-state index contributed by atoms with van der Waals surface area (Å²) >= 11 is 0. The summed E-state index contributed by atoms with van der Waals surface area (Å²) in [5.74, 6) is -0.794. The summed E-state index contributed by atoms with van der Waals surface area (Å²) in [7, 11) is -4.39. The van der Waals surface area contributed by atoms with Gasteiger partial charge in [0.2, 0.25) is 0 Å². The van der Waals surface area contributed by atoms with E-state index in [-0.39, 0.29) is 38.6 Å². The summed E-state index contributed by atoms with van der Waals surface area (Å²) in [6.45, 7) is 3.84. The van der Waals surface area contributed by atoms with Crippen LogP contribution in [-0.4, -0.2) is 49.3 Å². The van der Waals surface area contributed by atoms with Gasteiger partial charge < -0.3 is 20.1 Å². The first kappa shape index (κ1) is 99.5. The van der Waals surface area contributed by atoms with Gasteiger partial charge in [-0.25, -0.2) is 4.57 Å². The Morgan fingerprint density at radius 2 is 0.515 bits per heavy atom. The number of carbonyl (C=O) groups excluding carboxylic acids is 2. The molecule has 0 amide bonds. The lowest BCUT2D eigenvalue weighted by molar-refractivity contribution is -0.161. The Balaban J connectivity index is 3.67. The van der Waals surface area contributed by atoms with Gasteiger partial charge in [-0.3, -0.25) is 18.6 Å². The van der Waals surface area contributed by atoms with E-state index in [0.717, 1.165) is 38.5 Å². The van der Waals surface area contributed by atoms with E-state index in [0.29, 0.717) is 6.42 Å². The number of nitrogens with two attached hydrogens (primary N) is 1. The highest BCUT2D eigenvalue weighted by atomic mass is 31.2. The maximum atomic E-state index is 12.8. The Morgan fingerprint density at radius 3 is 0.752 bits per heavy atom. The van der Waals surface area contributed by atoms with Crippen molar-refractivity contribution in [3.05, 3.63) is 24.3 Å². The van der Waals surface area contributed by atoms with E-state index < -0.39 is 26.5 Å². The van der Waals surface area contributed by atoms with Crippen LogP contribution in [0.15, 0.2) is 24.3 Å². The number of hydrogen-bond acceptors (Lipinski definition) is 8. The van der Waals surface area contributed by atoms with E-state index in [1.807, 2.05) is 0 Å². The number of phosphoric acid groups is 1. The van der Waals surface area contributed by atoms with Crippen molar-refractivity contribution in [2.75, 3.05) is 26.4 Å². The first-order valence-electron chi connectivity index (χ1n) is 45.8. The van der Waals surface area contributed by atoms with Gasteiger partial charge in [-0.05, 0) is 44.9 Å². The minimum absolute atomic E-state index is 0.0580. The predicted molar refractivity (Wildman–Crippen MR) is 441 cm³/mol. The monoisotopic (exact) mass is 1440 g/mol. The van der Waals surface area contributed by atoms with Crippen LogP contribution in [0.25, 0.3) is 0 Å². The number of unbranched alkanes of at least 4 members (excludes halogenated alkanes) is 72. The number of allylic oxidation sites excluding steroid dienone is 4. The van der Waals surface area contributed by atoms with Crippen molar-refractivity contribution >= 4 is 19.8 Å². The smallest absolute Gasteiger partial charge is 0.462 e. The molecule has 101 heavy (non-hydrogen) atoms. The third-order valence-electron chi connectivity index (χ3n) is 21.3. The first-order valence-corrected chi connectivity index (χ1v) is 47.3. The largest absolute Gasteiger partial charge is 0.472 e. The van der Waals surface area contributed by atoms with E-state index in [1.165, 1.54) is 443 Å². The van der Waals surface area contributed by atoms with Crippen molar-refractivity contribution in [2.24, 2.45) is 5.73 Å². The molecular weight excluding hydrogens is 1270 g/mol. The van der Waals surface area contributed by atoms with Gasteiger partial charge in [0, 0.05) is 19.4 Å². The zero-order chi connectivity index (χ0) is 72.9. The van der Waals surface area contributed by atoms with Crippen molar-refractivity contribution < 1.29 is 37.6 Å². The summed E-state index contributed by atoms with van der Waals surface area (Å²) in [6, 6.07) is 0. The second-order valence-electron chi connectivity index (χ2n) is 31.5. The quantitative estimate of drug-likeness (QED) is 0.0264. The molecule has 0 spiro atoms. The van der Waals surface area contributed by atoms with Crippen LogP contribution < -0.4 is 5.73 Å². The first-order chi connectivity index (χ1) is 49.8. The Hall–Kier alpha value is -1.51. The molecule has 0 bridgehead atoms. The Bertz CT molecular complexity index is 1710. The van der Waals surface area contributed by atoms with Crippen LogP contribution in [0.1, 0.15) is 515 Å². The molecule has 0 aliphatic heterocycles. The Morgan fingerprint density at radius 1 is 0.297 bits per heavy atom. The van der Waals surface area contributed by atoms with Gasteiger partial charge in [0.25, 0.3) is 0 Å². The SMILES string of the molecule is CCCCCCC/C=C\C/C=C\CCCCCCCCCCCCCCCCCCCCCCCCCCCCCCCC(=O)OC(COC(=O)CCCCCCCCCCCCCCCCCCCCCCCCCCCCCCCCCCCCCCCCC)COP(=O)(O)OCCN. The van der Waals surface area contributed by atoms with Gasteiger partial charge in [0.05, 0.1) is 13.2 Å². The molecule has 10 heteroatoms. The molecule has 0 saturated carbocycles. The van der Waals surface area contributed by atoms with Crippen LogP contribution in [0.4, 0.5) is 0 Å². The molecule has 0 aromatic heterocycles. The number of carbonyl (C=O) groups is 2. The van der Waals surface area contributed by atoms with Gasteiger partial charge in [-0.2, -0.15) is 0 Å². The van der Waals surface area contributed by atoms with Crippen molar-refractivity contribution in [2.45, 2.75) is 521 Å². The molecule has 0 aliphatic rings. The van der Waals surface area contributed by atoms with Crippen molar-refractivity contribution in [3.8, 4) is 0 Å². The standard InChI is InChI=1S/C91H178NO8P/c1-3-5-7-9-11-13-15-17-19-21-23-25-27-29-31-33-35-37-39-41-43-44-46-48-50-52-54-56-58-60-62-64-66-68-70-72-74-76-78-80-82-84-91(94)100-89(88-99-101(95,96)98-86-85-92)87-97-90(93)83-81-79-77-75-73-71-69-67-65-63-61-59-57-55-53-51-49-47-45-42-40-38-36-34-32-30-28-26-24-22-20-18-16-14-12-10-8-6-4-2/h15,17,21,23,89H,3-14,16,18-20,22,24-88,92H2,1-2H3,(H,95,96)/b17-15-,23-21-. The normalized spacial score (nSPS) is 12.8. The molecule has 2 atom stereocenters. The highest BCUT2D eigenvalue weighted by molar-refractivity contribution is 7.47. The van der Waals surface area contributed by atoms with Gasteiger partial charge in [0.15, 0.2) is 6.10 Å². The van der Waals surface area contributed by atoms with E-state index in [4.69, 9.17) is 24.3 Å². The van der Waals surface area contributed by atoms with Crippen LogP contribution >= 0.6 is 7.82 Å². The highest BCUT2D eigenvalue weighted by Crippen LogP contribution is 2.43. The topological polar surface area (TPSA) is 134 Å². The van der Waals surface area contributed by atoms with E-state index in [2.05, 4.69) is 38.2 Å². The molecular formula is C91H178NO8P. The maximum absolute atomic E-state index is 12.8. The lowest BCUT2D eigenvalue weighted by Crippen LogP contribution is -2.29. The fourth-order valence-electron chi connectivity index (χ4n) is 14.6. The fourth-order valence-corrected chi connectivity index (χ4v) is 15.3. The van der Waals surface area contributed by atoms with Crippen LogP contribution in [0.3, 0.4) is 0 Å². The highest BCUT2D eigenvalue weighted by Gasteiger charge is 2.26. The van der Waals surface area contributed by atoms with E-state index in [1.54, 1.807) is 0 Å². The van der Waals surface area contributed by atoms with Gasteiger partial charge >= 0.3 is 19.8 Å².